The number of carboxylic acid groups (broad SMARTS) is 1. The number of carboxylic acids is 1. The molecule has 1 saturated carbocycles. The molecule has 0 radical (unpaired) electrons. The summed E-state index contributed by atoms with van der Waals surface area (Å²) < 4.78 is 5.56. The van der Waals surface area contributed by atoms with Crippen LogP contribution in [0.4, 0.5) is 21.0 Å². The highest BCUT2D eigenvalue weighted by Crippen LogP contribution is 2.26. The van der Waals surface area contributed by atoms with E-state index in [4.69, 9.17) is 21.4 Å². The van der Waals surface area contributed by atoms with Crippen molar-refractivity contribution in [2.45, 2.75) is 50.3 Å². The number of amides is 3. The first-order valence-electron chi connectivity index (χ1n) is 11.6. The fourth-order valence-electron chi connectivity index (χ4n) is 4.42. The first-order chi connectivity index (χ1) is 17.3. The number of nitrogens with zero attached hydrogens (tertiary/aromatic N) is 2. The monoisotopic (exact) mass is 518 g/mol. The number of aromatic amines is 1. The number of hydrogen-bond acceptors (Lipinski definition) is 7. The van der Waals surface area contributed by atoms with E-state index in [1.807, 2.05) is 4.90 Å². The first kappa shape index (κ1) is 25.3. The summed E-state index contributed by atoms with van der Waals surface area (Å²) >= 11 is 6.06. The summed E-state index contributed by atoms with van der Waals surface area (Å²) in [6, 6.07) is 5.46. The zero-order chi connectivity index (χ0) is 25.7. The van der Waals surface area contributed by atoms with Gasteiger partial charge in [0.05, 0.1) is 24.0 Å². The van der Waals surface area contributed by atoms with Crippen LogP contribution in [0.25, 0.3) is 0 Å². The van der Waals surface area contributed by atoms with Crippen LogP contribution in [-0.4, -0.2) is 64.7 Å². The minimum absolute atomic E-state index is 0.0341. The van der Waals surface area contributed by atoms with Crippen LogP contribution in [0, 0.1) is 0 Å². The molecule has 1 aliphatic carbocycles. The minimum Gasteiger partial charge on any atom is -0.478 e. The second kappa shape index (κ2) is 11.3. The number of ether oxygens (including phenoxy) is 1. The van der Waals surface area contributed by atoms with Gasteiger partial charge in [0, 0.05) is 30.7 Å². The molecule has 13 heteroatoms. The fourth-order valence-corrected chi connectivity index (χ4v) is 4.63. The van der Waals surface area contributed by atoms with Crippen LogP contribution in [-0.2, 0) is 4.74 Å². The molecule has 36 heavy (non-hydrogen) atoms. The third-order valence-corrected chi connectivity index (χ3v) is 6.68. The topological polar surface area (TPSA) is 166 Å². The summed E-state index contributed by atoms with van der Waals surface area (Å²) in [4.78, 5) is 49.1. The Hall–Kier alpha value is -3.80. The van der Waals surface area contributed by atoms with Crippen LogP contribution in [0.3, 0.4) is 0 Å². The largest absolute Gasteiger partial charge is 0.478 e. The number of alkyl carbamates (subject to hydrolysis) is 1. The van der Waals surface area contributed by atoms with Crippen molar-refractivity contribution in [1.29, 1.82) is 0 Å². The van der Waals surface area contributed by atoms with Crippen LogP contribution < -0.4 is 26.4 Å². The lowest BCUT2D eigenvalue weighted by molar-refractivity contribution is 0.0696. The smallest absolute Gasteiger partial charge is 0.407 e. The predicted octanol–water partition coefficient (Wildman–Crippen LogP) is 2.56. The molecule has 2 heterocycles. The number of rotatable bonds is 6. The third-order valence-electron chi connectivity index (χ3n) is 6.31. The van der Waals surface area contributed by atoms with E-state index in [1.165, 1.54) is 30.5 Å². The van der Waals surface area contributed by atoms with Gasteiger partial charge in [-0.1, -0.05) is 11.6 Å². The Bertz CT molecular complexity index is 1160. The summed E-state index contributed by atoms with van der Waals surface area (Å²) in [5, 5.41) is 23.6. The van der Waals surface area contributed by atoms with Crippen LogP contribution >= 0.6 is 11.6 Å². The van der Waals surface area contributed by atoms with Crippen LogP contribution in [0.15, 0.2) is 35.3 Å². The van der Waals surface area contributed by atoms with Crippen molar-refractivity contribution in [2.24, 2.45) is 0 Å². The maximum Gasteiger partial charge on any atom is 0.407 e. The molecule has 0 spiro atoms. The predicted molar refractivity (Wildman–Crippen MR) is 132 cm³/mol. The van der Waals surface area contributed by atoms with Gasteiger partial charge in [-0.25, -0.2) is 19.5 Å². The summed E-state index contributed by atoms with van der Waals surface area (Å²) in [5.41, 5.74) is 0.691. The van der Waals surface area contributed by atoms with Gasteiger partial charge in [-0.05, 0) is 49.9 Å². The molecule has 12 nitrogen and oxygen atoms in total. The number of aromatic carboxylic acids is 1. The molecule has 1 saturated heterocycles. The molecular formula is C23H27ClN6O6. The molecule has 192 valence electrons. The number of aromatic nitrogens is 2. The number of nitrogens with one attached hydrogen (secondary N) is 4. The standard InChI is InChI=1S/C23H27ClN6O6/c24-19-18(11-25-29-20(19)31)30-10-9-17(12-30)36-23(35)28-16-7-5-15(6-8-16)27-22(34)26-14-3-1-13(2-4-14)21(32)33/h1-4,11,15-17H,5-10,12H2,(H,28,35)(H,29,31)(H,32,33)(H2,26,27,34)/t15?,16?,17-/m1/s1. The average molecular weight is 519 g/mol. The molecule has 3 amide bonds. The Morgan fingerprint density at radius 2 is 1.72 bits per heavy atom. The number of halogens is 1. The van der Waals surface area contributed by atoms with E-state index in [1.54, 1.807) is 0 Å². The second-order valence-corrected chi connectivity index (χ2v) is 9.21. The minimum atomic E-state index is -1.03. The lowest BCUT2D eigenvalue weighted by atomic mass is 9.91. The van der Waals surface area contributed by atoms with Crippen molar-refractivity contribution < 1.29 is 24.2 Å². The molecular weight excluding hydrogens is 492 g/mol. The summed E-state index contributed by atoms with van der Waals surface area (Å²) in [5.74, 6) is -1.03. The van der Waals surface area contributed by atoms with Gasteiger partial charge in [-0.15, -0.1) is 0 Å². The Balaban J connectivity index is 1.16. The highest BCUT2D eigenvalue weighted by molar-refractivity contribution is 6.33. The number of hydrogen-bond donors (Lipinski definition) is 5. The number of carbonyl (C=O) groups is 3. The molecule has 5 N–H and O–H groups in total. The summed E-state index contributed by atoms with van der Waals surface area (Å²) in [7, 11) is 0. The maximum absolute atomic E-state index is 12.4. The fraction of sp³-hybridized carbons (Fsp3) is 0.435. The van der Waals surface area contributed by atoms with Crippen molar-refractivity contribution >= 4 is 41.1 Å². The van der Waals surface area contributed by atoms with E-state index in [0.717, 1.165) is 0 Å². The van der Waals surface area contributed by atoms with Gasteiger partial charge >= 0.3 is 18.1 Å². The molecule has 4 rings (SSSR count). The van der Waals surface area contributed by atoms with Gasteiger partial charge in [0.25, 0.3) is 5.56 Å². The first-order valence-corrected chi connectivity index (χ1v) is 12.0. The van der Waals surface area contributed by atoms with E-state index >= 15 is 0 Å². The molecule has 0 unspecified atom stereocenters. The van der Waals surface area contributed by atoms with Crippen LogP contribution in [0.5, 0.6) is 0 Å². The Kier molecular flexibility index (Phi) is 7.93. The normalized spacial score (nSPS) is 21.5. The molecule has 1 aromatic heterocycles. The van der Waals surface area contributed by atoms with E-state index in [2.05, 4.69) is 26.1 Å². The van der Waals surface area contributed by atoms with Gasteiger partial charge < -0.3 is 30.7 Å². The van der Waals surface area contributed by atoms with Crippen molar-refractivity contribution in [1.82, 2.24) is 20.8 Å². The Labute approximate surface area is 211 Å². The highest BCUT2D eigenvalue weighted by Gasteiger charge is 2.29. The van der Waals surface area contributed by atoms with Crippen molar-refractivity contribution in [3.8, 4) is 0 Å². The van der Waals surface area contributed by atoms with Crippen molar-refractivity contribution in [2.75, 3.05) is 23.3 Å². The van der Waals surface area contributed by atoms with Crippen LogP contribution in [0.1, 0.15) is 42.5 Å². The van der Waals surface area contributed by atoms with Crippen LogP contribution in [0.2, 0.25) is 5.02 Å². The third kappa shape index (κ3) is 6.45. The average Bonchev–Trinajstić information content (AvgIpc) is 3.30. The summed E-state index contributed by atoms with van der Waals surface area (Å²) in [6.45, 7) is 1.01. The zero-order valence-electron chi connectivity index (χ0n) is 19.3. The number of carbonyl (C=O) groups excluding carboxylic acids is 2. The number of anilines is 2. The molecule has 1 aromatic carbocycles. The van der Waals surface area contributed by atoms with Gasteiger partial charge in [0.15, 0.2) is 0 Å². The van der Waals surface area contributed by atoms with Gasteiger partial charge in [-0.2, -0.15) is 5.10 Å². The summed E-state index contributed by atoms with van der Waals surface area (Å²) in [6.07, 6.45) is 4.05. The number of H-pyrrole nitrogens is 1. The molecule has 2 fully saturated rings. The zero-order valence-corrected chi connectivity index (χ0v) is 20.1. The van der Waals surface area contributed by atoms with E-state index in [-0.39, 0.29) is 34.8 Å². The number of urea groups is 1. The van der Waals surface area contributed by atoms with Gasteiger partial charge in [0.1, 0.15) is 11.1 Å². The molecule has 2 aromatic rings. The van der Waals surface area contributed by atoms with Gasteiger partial charge in [0.2, 0.25) is 0 Å². The Morgan fingerprint density at radius 3 is 2.39 bits per heavy atom. The van der Waals surface area contributed by atoms with Crippen molar-refractivity contribution in [3.05, 3.63) is 51.4 Å². The van der Waals surface area contributed by atoms with E-state index < -0.39 is 17.6 Å². The van der Waals surface area contributed by atoms with Crippen molar-refractivity contribution in [3.63, 3.8) is 0 Å². The quantitative estimate of drug-likeness (QED) is 0.389. The second-order valence-electron chi connectivity index (χ2n) is 8.83. The SMILES string of the molecule is O=C(Nc1ccc(C(=O)O)cc1)NC1CCC(NC(=O)O[C@@H]2CCN(c3cn[nH]c(=O)c3Cl)C2)CC1. The maximum atomic E-state index is 12.4. The highest BCUT2D eigenvalue weighted by atomic mass is 35.5. The molecule has 0 bridgehead atoms. The lowest BCUT2D eigenvalue weighted by Gasteiger charge is -2.29. The molecule has 2 aliphatic rings. The van der Waals surface area contributed by atoms with Gasteiger partial charge in [-0.3, -0.25) is 4.79 Å². The van der Waals surface area contributed by atoms with E-state index in [9.17, 15) is 19.2 Å². The van der Waals surface area contributed by atoms with E-state index in [0.29, 0.717) is 56.6 Å². The number of benzene rings is 1. The molecule has 1 atom stereocenters. The Morgan fingerprint density at radius 1 is 1.06 bits per heavy atom. The molecule has 1 aliphatic heterocycles. The lowest BCUT2D eigenvalue weighted by Crippen LogP contribution is -2.45.